The lowest BCUT2D eigenvalue weighted by molar-refractivity contribution is -0.137. The summed E-state index contributed by atoms with van der Waals surface area (Å²) in [4.78, 5) is 22.2. The number of H-pyrrole nitrogens is 1. The summed E-state index contributed by atoms with van der Waals surface area (Å²) in [5, 5.41) is 21.7. The number of aromatic nitrogens is 4. The predicted molar refractivity (Wildman–Crippen MR) is 64.2 cm³/mol. The Bertz CT molecular complexity index is 561. The molecule has 0 aromatic carbocycles. The zero-order chi connectivity index (χ0) is 13.7. The van der Waals surface area contributed by atoms with E-state index in [1.54, 1.807) is 24.5 Å². The van der Waals surface area contributed by atoms with Crippen molar-refractivity contribution < 1.29 is 14.7 Å². The van der Waals surface area contributed by atoms with Crippen LogP contribution in [0.4, 0.5) is 0 Å². The van der Waals surface area contributed by atoms with Gasteiger partial charge in [-0.2, -0.15) is 10.2 Å². The molecule has 2 aromatic heterocycles. The van der Waals surface area contributed by atoms with Gasteiger partial charge in [-0.3, -0.25) is 19.4 Å². The Morgan fingerprint density at radius 3 is 2.95 bits per heavy atom. The Balaban J connectivity index is 1.87. The molecular formula is C11H13N5O3. The van der Waals surface area contributed by atoms with Crippen LogP contribution in [0.3, 0.4) is 0 Å². The number of hydrogen-bond donors (Lipinski definition) is 3. The van der Waals surface area contributed by atoms with E-state index in [1.807, 2.05) is 0 Å². The average molecular weight is 263 g/mol. The van der Waals surface area contributed by atoms with Gasteiger partial charge in [0.1, 0.15) is 5.69 Å². The normalized spacial score (nSPS) is 10.3. The van der Waals surface area contributed by atoms with Gasteiger partial charge in [0.25, 0.3) is 5.91 Å². The number of carboxylic acid groups (broad SMARTS) is 1. The van der Waals surface area contributed by atoms with Crippen molar-refractivity contribution in [2.24, 2.45) is 0 Å². The molecule has 2 rings (SSSR count). The van der Waals surface area contributed by atoms with Crippen LogP contribution in [0, 0.1) is 0 Å². The highest BCUT2D eigenvalue weighted by atomic mass is 16.4. The summed E-state index contributed by atoms with van der Waals surface area (Å²) in [6, 6.07) is 3.30. The predicted octanol–water partition coefficient (Wildman–Crippen LogP) is 0.0109. The molecule has 0 radical (unpaired) electrons. The molecule has 8 nitrogen and oxygen atoms in total. The molecule has 2 heterocycles. The van der Waals surface area contributed by atoms with E-state index in [1.165, 1.54) is 4.68 Å². The first-order valence-electron chi connectivity index (χ1n) is 5.67. The Labute approximate surface area is 108 Å². The van der Waals surface area contributed by atoms with Gasteiger partial charge in [-0.1, -0.05) is 0 Å². The smallest absolute Gasteiger partial charge is 0.305 e. The first-order valence-corrected chi connectivity index (χ1v) is 5.67. The highest BCUT2D eigenvalue weighted by Gasteiger charge is 2.09. The second-order valence-corrected chi connectivity index (χ2v) is 3.87. The molecule has 0 aliphatic rings. The zero-order valence-electron chi connectivity index (χ0n) is 10.0. The highest BCUT2D eigenvalue weighted by Crippen LogP contribution is 1.98. The van der Waals surface area contributed by atoms with Crippen molar-refractivity contribution in [2.75, 3.05) is 0 Å². The minimum absolute atomic E-state index is 0.0309. The highest BCUT2D eigenvalue weighted by molar-refractivity contribution is 5.92. The Hall–Kier alpha value is -2.64. The largest absolute Gasteiger partial charge is 0.481 e. The summed E-state index contributed by atoms with van der Waals surface area (Å²) in [5.74, 6) is -1.22. The number of rotatable bonds is 6. The topological polar surface area (TPSA) is 113 Å². The van der Waals surface area contributed by atoms with Gasteiger partial charge in [-0.25, -0.2) is 0 Å². The van der Waals surface area contributed by atoms with E-state index < -0.39 is 5.97 Å². The van der Waals surface area contributed by atoms with Crippen molar-refractivity contribution >= 4 is 11.9 Å². The van der Waals surface area contributed by atoms with Crippen molar-refractivity contribution in [3.05, 3.63) is 35.9 Å². The number of carboxylic acids is 1. The maximum absolute atomic E-state index is 11.8. The number of amides is 1. The van der Waals surface area contributed by atoms with Gasteiger partial charge in [0.2, 0.25) is 0 Å². The fraction of sp³-hybridized carbons (Fsp3) is 0.273. The van der Waals surface area contributed by atoms with E-state index in [0.717, 1.165) is 5.69 Å². The average Bonchev–Trinajstić information content (AvgIpc) is 3.04. The van der Waals surface area contributed by atoms with Crippen LogP contribution in [0.5, 0.6) is 0 Å². The van der Waals surface area contributed by atoms with Crippen LogP contribution in [0.25, 0.3) is 0 Å². The number of nitrogens with one attached hydrogen (secondary N) is 2. The molecule has 0 saturated heterocycles. The molecule has 3 N–H and O–H groups in total. The number of hydrogen-bond acceptors (Lipinski definition) is 4. The molecule has 100 valence electrons. The molecule has 0 unspecified atom stereocenters. The number of aliphatic carboxylic acids is 1. The van der Waals surface area contributed by atoms with Crippen molar-refractivity contribution in [3.8, 4) is 0 Å². The molecular weight excluding hydrogens is 250 g/mol. The van der Waals surface area contributed by atoms with Crippen LogP contribution in [0.1, 0.15) is 22.6 Å². The first kappa shape index (κ1) is 12.8. The van der Waals surface area contributed by atoms with E-state index in [0.29, 0.717) is 6.54 Å². The standard InChI is InChI=1S/C11H13N5O3/c17-10(18)3-6-16-5-2-9(15-16)11(19)12-7-8-1-4-13-14-8/h1-2,4-5H,3,6-7H2,(H,12,19)(H,13,14)(H,17,18). The minimum atomic E-state index is -0.902. The van der Waals surface area contributed by atoms with Gasteiger partial charge < -0.3 is 10.4 Å². The molecule has 0 aliphatic carbocycles. The van der Waals surface area contributed by atoms with E-state index in [-0.39, 0.29) is 24.6 Å². The summed E-state index contributed by atoms with van der Waals surface area (Å²) < 4.78 is 1.43. The molecule has 0 atom stereocenters. The number of aromatic amines is 1. The molecule has 19 heavy (non-hydrogen) atoms. The summed E-state index contributed by atoms with van der Waals surface area (Å²) >= 11 is 0. The lowest BCUT2D eigenvalue weighted by Gasteiger charge is -2.01. The van der Waals surface area contributed by atoms with Gasteiger partial charge >= 0.3 is 5.97 Å². The third-order valence-electron chi connectivity index (χ3n) is 2.43. The molecule has 0 fully saturated rings. The van der Waals surface area contributed by atoms with E-state index in [4.69, 9.17) is 5.11 Å². The molecule has 0 bridgehead atoms. The quantitative estimate of drug-likeness (QED) is 0.679. The third-order valence-corrected chi connectivity index (χ3v) is 2.43. The van der Waals surface area contributed by atoms with Crippen molar-refractivity contribution in [1.29, 1.82) is 0 Å². The second-order valence-electron chi connectivity index (χ2n) is 3.87. The Kier molecular flexibility index (Phi) is 3.91. The van der Waals surface area contributed by atoms with Crippen LogP contribution in [0.15, 0.2) is 24.5 Å². The number of nitrogens with zero attached hydrogens (tertiary/aromatic N) is 3. The minimum Gasteiger partial charge on any atom is -0.481 e. The summed E-state index contributed by atoms with van der Waals surface area (Å²) in [6.45, 7) is 0.573. The molecule has 8 heteroatoms. The maximum atomic E-state index is 11.8. The number of carbonyl (C=O) groups excluding carboxylic acids is 1. The second kappa shape index (κ2) is 5.80. The lowest BCUT2D eigenvalue weighted by atomic mass is 10.4. The van der Waals surface area contributed by atoms with E-state index in [9.17, 15) is 9.59 Å². The van der Waals surface area contributed by atoms with Crippen LogP contribution < -0.4 is 5.32 Å². The fourth-order valence-corrected chi connectivity index (χ4v) is 1.47. The maximum Gasteiger partial charge on any atom is 0.305 e. The van der Waals surface area contributed by atoms with E-state index in [2.05, 4.69) is 20.6 Å². The van der Waals surface area contributed by atoms with Gasteiger partial charge in [0, 0.05) is 12.4 Å². The fourth-order valence-electron chi connectivity index (χ4n) is 1.47. The summed E-state index contributed by atoms with van der Waals surface area (Å²) in [6.07, 6.45) is 3.15. The van der Waals surface area contributed by atoms with Crippen molar-refractivity contribution in [3.63, 3.8) is 0 Å². The molecule has 2 aromatic rings. The monoisotopic (exact) mass is 263 g/mol. The molecule has 0 aliphatic heterocycles. The molecule has 0 saturated carbocycles. The van der Waals surface area contributed by atoms with Gasteiger partial charge in [-0.05, 0) is 12.1 Å². The lowest BCUT2D eigenvalue weighted by Crippen LogP contribution is -2.23. The van der Waals surface area contributed by atoms with Gasteiger partial charge in [0.05, 0.1) is 25.2 Å². The molecule has 1 amide bonds. The van der Waals surface area contributed by atoms with Gasteiger partial charge in [-0.15, -0.1) is 0 Å². The van der Waals surface area contributed by atoms with E-state index >= 15 is 0 Å². The number of aryl methyl sites for hydroxylation is 1. The van der Waals surface area contributed by atoms with Crippen LogP contribution in [-0.4, -0.2) is 37.0 Å². The zero-order valence-corrected chi connectivity index (χ0v) is 10.0. The summed E-state index contributed by atoms with van der Waals surface area (Å²) in [7, 11) is 0. The third kappa shape index (κ3) is 3.66. The van der Waals surface area contributed by atoms with Crippen LogP contribution in [-0.2, 0) is 17.9 Å². The summed E-state index contributed by atoms with van der Waals surface area (Å²) in [5.41, 5.74) is 1.04. The SMILES string of the molecule is O=C(O)CCn1ccc(C(=O)NCc2ccn[nH]2)n1. The van der Waals surface area contributed by atoms with Gasteiger partial charge in [0.15, 0.2) is 0 Å². The van der Waals surface area contributed by atoms with Crippen molar-refractivity contribution in [1.82, 2.24) is 25.3 Å². The first-order chi connectivity index (χ1) is 9.15. The number of carbonyl (C=O) groups is 2. The van der Waals surface area contributed by atoms with Crippen LogP contribution in [0.2, 0.25) is 0 Å². The van der Waals surface area contributed by atoms with Crippen LogP contribution >= 0.6 is 0 Å². The Morgan fingerprint density at radius 2 is 2.26 bits per heavy atom. The molecule has 0 spiro atoms. The van der Waals surface area contributed by atoms with Crippen molar-refractivity contribution in [2.45, 2.75) is 19.5 Å². The Morgan fingerprint density at radius 1 is 1.42 bits per heavy atom.